The van der Waals surface area contributed by atoms with E-state index < -0.39 is 6.04 Å². The molecule has 4 nitrogen and oxygen atoms in total. The Morgan fingerprint density at radius 3 is 2.69 bits per heavy atom. The third kappa shape index (κ3) is 4.59. The minimum atomic E-state index is -0.450. The summed E-state index contributed by atoms with van der Waals surface area (Å²) in [4.78, 5) is 15.6. The van der Waals surface area contributed by atoms with Crippen molar-refractivity contribution in [2.75, 3.05) is 0 Å². The zero-order valence-electron chi connectivity index (χ0n) is 9.51. The molecular formula is C11H18ClN3O. The topological polar surface area (TPSA) is 68.0 Å². The van der Waals surface area contributed by atoms with Gasteiger partial charge in [0, 0.05) is 6.20 Å². The van der Waals surface area contributed by atoms with E-state index in [1.165, 1.54) is 0 Å². The minimum Gasteiger partial charge on any atom is -0.349 e. The summed E-state index contributed by atoms with van der Waals surface area (Å²) >= 11 is 0. The number of hydrogen-bond acceptors (Lipinski definition) is 3. The fourth-order valence-corrected chi connectivity index (χ4v) is 1.10. The summed E-state index contributed by atoms with van der Waals surface area (Å²) in [5.41, 5.74) is 6.53. The molecule has 1 amide bonds. The first-order valence-electron chi connectivity index (χ1n) is 5.04. The third-order valence-electron chi connectivity index (χ3n) is 2.19. The van der Waals surface area contributed by atoms with Gasteiger partial charge in [-0.2, -0.15) is 0 Å². The molecule has 1 atom stereocenters. The number of halogens is 1. The van der Waals surface area contributed by atoms with Crippen LogP contribution in [0.15, 0.2) is 24.4 Å². The highest BCUT2D eigenvalue weighted by atomic mass is 35.5. The predicted octanol–water partition coefficient (Wildman–Crippen LogP) is 1.10. The Morgan fingerprint density at radius 1 is 1.50 bits per heavy atom. The average Bonchev–Trinajstić information content (AvgIpc) is 2.26. The van der Waals surface area contributed by atoms with Crippen LogP contribution in [0.1, 0.15) is 19.5 Å². The van der Waals surface area contributed by atoms with E-state index in [2.05, 4.69) is 10.3 Å². The van der Waals surface area contributed by atoms with Gasteiger partial charge in [0.25, 0.3) is 0 Å². The normalized spacial score (nSPS) is 11.8. The fourth-order valence-electron chi connectivity index (χ4n) is 1.10. The van der Waals surface area contributed by atoms with E-state index in [1.807, 2.05) is 32.0 Å². The van der Waals surface area contributed by atoms with Crippen molar-refractivity contribution in [3.63, 3.8) is 0 Å². The van der Waals surface area contributed by atoms with Crippen LogP contribution in [0.25, 0.3) is 0 Å². The van der Waals surface area contributed by atoms with E-state index in [0.29, 0.717) is 6.54 Å². The Balaban J connectivity index is 0.00000225. The second kappa shape index (κ2) is 7.19. The van der Waals surface area contributed by atoms with E-state index in [1.54, 1.807) is 6.20 Å². The minimum absolute atomic E-state index is 0. The van der Waals surface area contributed by atoms with Gasteiger partial charge < -0.3 is 11.1 Å². The SMILES string of the molecule is CC(C)[C@@H](N)C(=O)NCc1ccccn1.Cl. The molecule has 1 aromatic heterocycles. The van der Waals surface area contributed by atoms with Crippen molar-refractivity contribution in [1.82, 2.24) is 10.3 Å². The van der Waals surface area contributed by atoms with Crippen molar-refractivity contribution < 1.29 is 4.79 Å². The van der Waals surface area contributed by atoms with Crippen molar-refractivity contribution in [2.45, 2.75) is 26.4 Å². The summed E-state index contributed by atoms with van der Waals surface area (Å²) in [6, 6.07) is 5.14. The van der Waals surface area contributed by atoms with Crippen LogP contribution in [0.2, 0.25) is 0 Å². The Kier molecular flexibility index (Phi) is 6.69. The van der Waals surface area contributed by atoms with Crippen LogP contribution in [-0.4, -0.2) is 16.9 Å². The quantitative estimate of drug-likeness (QED) is 0.832. The lowest BCUT2D eigenvalue weighted by Gasteiger charge is -2.14. The molecule has 1 rings (SSSR count). The lowest BCUT2D eigenvalue weighted by atomic mass is 10.1. The molecule has 5 heteroatoms. The third-order valence-corrected chi connectivity index (χ3v) is 2.19. The summed E-state index contributed by atoms with van der Waals surface area (Å²) in [6.07, 6.45) is 1.70. The summed E-state index contributed by atoms with van der Waals surface area (Å²) in [7, 11) is 0. The van der Waals surface area contributed by atoms with Gasteiger partial charge in [-0.05, 0) is 18.1 Å². The van der Waals surface area contributed by atoms with Crippen molar-refractivity contribution in [3.05, 3.63) is 30.1 Å². The molecule has 0 saturated carbocycles. The molecule has 1 heterocycles. The van der Waals surface area contributed by atoms with Crippen molar-refractivity contribution in [3.8, 4) is 0 Å². The van der Waals surface area contributed by atoms with Gasteiger partial charge in [0.15, 0.2) is 0 Å². The summed E-state index contributed by atoms with van der Waals surface area (Å²) in [5.74, 6) is 0.0179. The molecule has 0 unspecified atom stereocenters. The van der Waals surface area contributed by atoms with Crippen LogP contribution in [-0.2, 0) is 11.3 Å². The molecule has 0 spiro atoms. The summed E-state index contributed by atoms with van der Waals surface area (Å²) in [5, 5.41) is 2.75. The van der Waals surface area contributed by atoms with Crippen molar-refractivity contribution in [2.24, 2.45) is 11.7 Å². The maximum atomic E-state index is 11.5. The Hall–Kier alpha value is -1.13. The number of nitrogens with zero attached hydrogens (tertiary/aromatic N) is 1. The average molecular weight is 244 g/mol. The van der Waals surface area contributed by atoms with E-state index in [9.17, 15) is 4.79 Å². The fraction of sp³-hybridized carbons (Fsp3) is 0.455. The van der Waals surface area contributed by atoms with Crippen LogP contribution >= 0.6 is 12.4 Å². The zero-order valence-corrected chi connectivity index (χ0v) is 10.3. The molecular weight excluding hydrogens is 226 g/mol. The molecule has 1 aromatic rings. The van der Waals surface area contributed by atoms with Gasteiger partial charge in [0.1, 0.15) is 0 Å². The molecule has 0 saturated heterocycles. The number of hydrogen-bond donors (Lipinski definition) is 2. The van der Waals surface area contributed by atoms with Gasteiger partial charge >= 0.3 is 0 Å². The molecule has 0 aromatic carbocycles. The van der Waals surface area contributed by atoms with E-state index in [4.69, 9.17) is 5.73 Å². The van der Waals surface area contributed by atoms with Crippen LogP contribution in [0.4, 0.5) is 0 Å². The van der Waals surface area contributed by atoms with E-state index >= 15 is 0 Å². The van der Waals surface area contributed by atoms with Crippen LogP contribution in [0, 0.1) is 5.92 Å². The van der Waals surface area contributed by atoms with Crippen molar-refractivity contribution in [1.29, 1.82) is 0 Å². The number of nitrogens with two attached hydrogens (primary N) is 1. The van der Waals surface area contributed by atoms with E-state index in [0.717, 1.165) is 5.69 Å². The van der Waals surface area contributed by atoms with Crippen LogP contribution < -0.4 is 11.1 Å². The Morgan fingerprint density at radius 2 is 2.19 bits per heavy atom. The first-order chi connectivity index (χ1) is 7.11. The molecule has 16 heavy (non-hydrogen) atoms. The predicted molar refractivity (Wildman–Crippen MR) is 66.1 cm³/mol. The van der Waals surface area contributed by atoms with Crippen LogP contribution in [0.5, 0.6) is 0 Å². The lowest BCUT2D eigenvalue weighted by Crippen LogP contribution is -2.43. The smallest absolute Gasteiger partial charge is 0.237 e. The highest BCUT2D eigenvalue weighted by molar-refractivity contribution is 5.85. The second-order valence-electron chi connectivity index (χ2n) is 3.81. The molecule has 0 aliphatic carbocycles. The van der Waals surface area contributed by atoms with Gasteiger partial charge in [-0.1, -0.05) is 19.9 Å². The Labute approximate surface area is 102 Å². The number of carbonyl (C=O) groups excluding carboxylic acids is 1. The number of nitrogens with one attached hydrogen (secondary N) is 1. The maximum absolute atomic E-state index is 11.5. The Bertz CT molecular complexity index is 316. The maximum Gasteiger partial charge on any atom is 0.237 e. The van der Waals surface area contributed by atoms with Gasteiger partial charge in [0.2, 0.25) is 5.91 Å². The molecule has 0 bridgehead atoms. The monoisotopic (exact) mass is 243 g/mol. The molecule has 90 valence electrons. The highest BCUT2D eigenvalue weighted by Gasteiger charge is 2.16. The molecule has 0 aliphatic rings. The number of pyridine rings is 1. The van der Waals surface area contributed by atoms with Gasteiger partial charge in [-0.3, -0.25) is 9.78 Å². The van der Waals surface area contributed by atoms with Gasteiger partial charge in [0.05, 0.1) is 18.3 Å². The van der Waals surface area contributed by atoms with Crippen LogP contribution in [0.3, 0.4) is 0 Å². The van der Waals surface area contributed by atoms with E-state index in [-0.39, 0.29) is 24.2 Å². The lowest BCUT2D eigenvalue weighted by molar-refractivity contribution is -0.123. The standard InChI is InChI=1S/C11H17N3O.ClH/c1-8(2)10(12)11(15)14-7-9-5-3-4-6-13-9;/h3-6,8,10H,7,12H2,1-2H3,(H,14,15);1H/t10-;/m1./s1. The summed E-state index contributed by atoms with van der Waals surface area (Å²) in [6.45, 7) is 4.27. The zero-order chi connectivity index (χ0) is 11.3. The van der Waals surface area contributed by atoms with Crippen molar-refractivity contribution >= 4 is 18.3 Å². The van der Waals surface area contributed by atoms with Gasteiger partial charge in [-0.15, -0.1) is 12.4 Å². The van der Waals surface area contributed by atoms with Gasteiger partial charge in [-0.25, -0.2) is 0 Å². The second-order valence-corrected chi connectivity index (χ2v) is 3.81. The molecule has 3 N–H and O–H groups in total. The first-order valence-corrected chi connectivity index (χ1v) is 5.04. The number of rotatable bonds is 4. The number of aromatic nitrogens is 1. The number of amides is 1. The first kappa shape index (κ1) is 14.9. The molecule has 0 radical (unpaired) electrons. The molecule has 0 aliphatic heterocycles. The largest absolute Gasteiger partial charge is 0.349 e. The highest BCUT2D eigenvalue weighted by Crippen LogP contribution is 1.99. The molecule has 0 fully saturated rings. The number of carbonyl (C=O) groups is 1. The summed E-state index contributed by atoms with van der Waals surface area (Å²) < 4.78 is 0.